The minimum absolute atomic E-state index is 0.00757. The molecule has 7 nitrogen and oxygen atoms in total. The van der Waals surface area contributed by atoms with Gasteiger partial charge in [0.25, 0.3) is 0 Å². The van der Waals surface area contributed by atoms with Crippen molar-refractivity contribution >= 4 is 39.6 Å². The predicted molar refractivity (Wildman–Crippen MR) is 131 cm³/mol. The summed E-state index contributed by atoms with van der Waals surface area (Å²) in [6.45, 7) is 3.52. The molecule has 8 heteroatoms. The summed E-state index contributed by atoms with van der Waals surface area (Å²) < 4.78 is 20.1. The Morgan fingerprint density at radius 2 is 2.12 bits per heavy atom. The lowest BCUT2D eigenvalue weighted by Crippen LogP contribution is -2.28. The van der Waals surface area contributed by atoms with Crippen LogP contribution in [0.2, 0.25) is 0 Å². The highest BCUT2D eigenvalue weighted by molar-refractivity contribution is 14.1. The van der Waals surface area contributed by atoms with E-state index in [2.05, 4.69) is 27.9 Å². The number of nitrogens with zero attached hydrogens (tertiary/aromatic N) is 2. The molecule has 1 aliphatic heterocycles. The number of aromatic nitrogens is 2. The van der Waals surface area contributed by atoms with Gasteiger partial charge >= 0.3 is 6.09 Å². The van der Waals surface area contributed by atoms with Crippen LogP contribution in [-0.2, 0) is 16.1 Å². The fourth-order valence-electron chi connectivity index (χ4n) is 3.73. The first-order chi connectivity index (χ1) is 15.6. The third-order valence-corrected chi connectivity index (χ3v) is 6.23. The van der Waals surface area contributed by atoms with Crippen molar-refractivity contribution in [1.82, 2.24) is 15.1 Å². The summed E-state index contributed by atoms with van der Waals surface area (Å²) >= 11 is 2.26. The Hall–Kier alpha value is -2.33. The molecule has 1 aliphatic rings. The number of hydrogen-bond donors (Lipinski definition) is 1. The lowest BCUT2D eigenvalue weighted by molar-refractivity contribution is -0.0368. The Labute approximate surface area is 201 Å². The maximum atomic E-state index is 11.9. The number of benzene rings is 2. The zero-order valence-corrected chi connectivity index (χ0v) is 20.3. The molecule has 0 aliphatic carbocycles. The predicted octanol–water partition coefficient (Wildman–Crippen LogP) is 5.42. The molecule has 2 aromatic carbocycles. The molecule has 2 heterocycles. The Kier molecular flexibility index (Phi) is 7.85. The normalized spacial score (nSPS) is 17.1. The molecular formula is C24H28IN3O4. The van der Waals surface area contributed by atoms with Crippen LogP contribution in [0.1, 0.15) is 44.4 Å². The highest BCUT2D eigenvalue weighted by atomic mass is 127. The van der Waals surface area contributed by atoms with Crippen molar-refractivity contribution in [2.75, 3.05) is 13.2 Å². The summed E-state index contributed by atoms with van der Waals surface area (Å²) in [5.74, 6) is 0.790. The zero-order valence-electron chi connectivity index (χ0n) is 18.1. The highest BCUT2D eigenvalue weighted by Gasteiger charge is 2.20. The number of hydrogen-bond acceptors (Lipinski definition) is 5. The molecule has 170 valence electrons. The van der Waals surface area contributed by atoms with E-state index in [1.54, 1.807) is 0 Å². The molecule has 32 heavy (non-hydrogen) atoms. The van der Waals surface area contributed by atoms with E-state index in [1.165, 1.54) is 0 Å². The number of alkyl carbamates (subject to hydrolysis) is 1. The number of fused-ring (bicyclic) bond motifs is 1. The second-order valence-electron chi connectivity index (χ2n) is 7.94. The van der Waals surface area contributed by atoms with Gasteiger partial charge in [-0.25, -0.2) is 9.48 Å². The van der Waals surface area contributed by atoms with Gasteiger partial charge in [-0.2, -0.15) is 5.10 Å². The van der Waals surface area contributed by atoms with Crippen LogP contribution in [-0.4, -0.2) is 35.1 Å². The van der Waals surface area contributed by atoms with Crippen LogP contribution in [0.4, 0.5) is 4.79 Å². The van der Waals surface area contributed by atoms with E-state index in [0.717, 1.165) is 51.8 Å². The van der Waals surface area contributed by atoms with Gasteiger partial charge in [0.15, 0.2) is 6.23 Å². The molecule has 0 bridgehead atoms. The van der Waals surface area contributed by atoms with Crippen LogP contribution in [0.15, 0.2) is 48.5 Å². The first-order valence-corrected chi connectivity index (χ1v) is 12.1. The number of carbonyl (C=O) groups is 1. The molecule has 3 aromatic rings. The van der Waals surface area contributed by atoms with E-state index in [1.807, 2.05) is 60.1 Å². The first kappa shape index (κ1) is 22.8. The Morgan fingerprint density at radius 1 is 1.28 bits per heavy atom. The van der Waals surface area contributed by atoms with Crippen LogP contribution in [0.3, 0.4) is 0 Å². The van der Waals surface area contributed by atoms with Crippen molar-refractivity contribution < 1.29 is 19.0 Å². The molecule has 0 radical (unpaired) electrons. The zero-order chi connectivity index (χ0) is 22.3. The van der Waals surface area contributed by atoms with Gasteiger partial charge in [0.05, 0.1) is 11.6 Å². The SMILES string of the molecule is CC(CCNC(=O)OCc1ccccc1)Oc1ccc2c(c1)c(I)nn2C1CCCCO1. The lowest BCUT2D eigenvalue weighted by atomic mass is 10.2. The average Bonchev–Trinajstić information content (AvgIpc) is 3.15. The number of halogens is 1. The molecule has 1 aromatic heterocycles. The number of nitrogens with one attached hydrogen (secondary N) is 1. The fraction of sp³-hybridized carbons (Fsp3) is 0.417. The lowest BCUT2D eigenvalue weighted by Gasteiger charge is -2.23. The van der Waals surface area contributed by atoms with E-state index >= 15 is 0 Å². The van der Waals surface area contributed by atoms with Gasteiger partial charge in [-0.05, 0) is 72.5 Å². The van der Waals surface area contributed by atoms with Gasteiger partial charge in [-0.15, -0.1) is 0 Å². The third kappa shape index (κ3) is 5.92. The van der Waals surface area contributed by atoms with E-state index < -0.39 is 6.09 Å². The van der Waals surface area contributed by atoms with Gasteiger partial charge in [0, 0.05) is 25.0 Å². The van der Waals surface area contributed by atoms with Crippen LogP contribution < -0.4 is 10.1 Å². The van der Waals surface area contributed by atoms with Crippen LogP contribution >= 0.6 is 22.6 Å². The molecule has 4 rings (SSSR count). The summed E-state index contributed by atoms with van der Waals surface area (Å²) in [6, 6.07) is 15.7. The van der Waals surface area contributed by atoms with Gasteiger partial charge in [-0.1, -0.05) is 30.3 Å². The molecule has 1 amide bonds. The average molecular weight is 549 g/mol. The van der Waals surface area contributed by atoms with Gasteiger partial charge < -0.3 is 19.5 Å². The van der Waals surface area contributed by atoms with Gasteiger partial charge in [0.2, 0.25) is 0 Å². The van der Waals surface area contributed by atoms with Crippen molar-refractivity contribution in [2.45, 2.75) is 51.5 Å². The van der Waals surface area contributed by atoms with Crippen molar-refractivity contribution in [3.63, 3.8) is 0 Å². The monoisotopic (exact) mass is 549 g/mol. The minimum Gasteiger partial charge on any atom is -0.491 e. The van der Waals surface area contributed by atoms with Crippen molar-refractivity contribution in [2.24, 2.45) is 0 Å². The summed E-state index contributed by atoms with van der Waals surface area (Å²) in [5.41, 5.74) is 2.02. The second-order valence-corrected chi connectivity index (χ2v) is 8.96. The van der Waals surface area contributed by atoms with Crippen LogP contribution in [0, 0.1) is 3.70 Å². The summed E-state index contributed by atoms with van der Waals surface area (Å²) in [5, 5.41) is 8.54. The van der Waals surface area contributed by atoms with Gasteiger partial charge in [-0.3, -0.25) is 0 Å². The van der Waals surface area contributed by atoms with Crippen molar-refractivity contribution in [3.8, 4) is 5.75 Å². The van der Waals surface area contributed by atoms with E-state index in [9.17, 15) is 4.79 Å². The molecular weight excluding hydrogens is 521 g/mol. The Balaban J connectivity index is 1.26. The summed E-state index contributed by atoms with van der Waals surface area (Å²) in [6.07, 6.45) is 3.46. The standard InChI is InChI=1S/C24H28IN3O4/c1-17(12-13-26-24(29)31-16-18-7-3-2-4-8-18)32-19-10-11-21-20(15-19)23(25)27-28(21)22-9-5-6-14-30-22/h2-4,7-8,10-11,15,17,22H,5-6,9,12-14,16H2,1H3,(H,26,29). The smallest absolute Gasteiger partial charge is 0.407 e. The Bertz CT molecular complexity index is 1030. The van der Waals surface area contributed by atoms with E-state index in [-0.39, 0.29) is 18.9 Å². The molecule has 1 N–H and O–H groups in total. The van der Waals surface area contributed by atoms with Crippen LogP contribution in [0.25, 0.3) is 10.9 Å². The summed E-state index contributed by atoms with van der Waals surface area (Å²) in [7, 11) is 0. The molecule has 1 saturated heterocycles. The number of amides is 1. The quantitative estimate of drug-likeness (QED) is 0.380. The summed E-state index contributed by atoms with van der Waals surface area (Å²) in [4.78, 5) is 11.9. The molecule has 2 unspecified atom stereocenters. The van der Waals surface area contributed by atoms with E-state index in [0.29, 0.717) is 13.0 Å². The fourth-order valence-corrected chi connectivity index (χ4v) is 4.40. The maximum Gasteiger partial charge on any atom is 0.407 e. The maximum absolute atomic E-state index is 11.9. The van der Waals surface area contributed by atoms with E-state index in [4.69, 9.17) is 19.3 Å². The number of carbonyl (C=O) groups excluding carboxylic acids is 1. The molecule has 0 spiro atoms. The number of ether oxygens (including phenoxy) is 3. The highest BCUT2D eigenvalue weighted by Crippen LogP contribution is 2.31. The van der Waals surface area contributed by atoms with Crippen molar-refractivity contribution in [1.29, 1.82) is 0 Å². The van der Waals surface area contributed by atoms with Crippen molar-refractivity contribution in [3.05, 3.63) is 57.8 Å². The van der Waals surface area contributed by atoms with Gasteiger partial charge in [0.1, 0.15) is 16.1 Å². The Morgan fingerprint density at radius 3 is 2.91 bits per heavy atom. The second kappa shape index (κ2) is 11.0. The largest absolute Gasteiger partial charge is 0.491 e. The van der Waals surface area contributed by atoms with Crippen LogP contribution in [0.5, 0.6) is 5.75 Å². The third-order valence-electron chi connectivity index (χ3n) is 5.43. The molecule has 0 saturated carbocycles. The first-order valence-electron chi connectivity index (χ1n) is 11.0. The minimum atomic E-state index is -0.422. The molecule has 2 atom stereocenters. The number of rotatable bonds is 8. The molecule has 1 fully saturated rings. The topological polar surface area (TPSA) is 74.6 Å².